The number of carboxylic acids is 1. The van der Waals surface area contributed by atoms with Gasteiger partial charge in [0.2, 0.25) is 0 Å². The van der Waals surface area contributed by atoms with Gasteiger partial charge in [0.15, 0.2) is 0 Å². The molecule has 4 nitrogen and oxygen atoms in total. The van der Waals surface area contributed by atoms with Crippen molar-refractivity contribution in [3.63, 3.8) is 0 Å². The smallest absolute Gasteiger partial charge is 0.304 e. The molecular weight excluding hydrogens is 170 g/mol. The maximum Gasteiger partial charge on any atom is 0.304 e. The van der Waals surface area contributed by atoms with Gasteiger partial charge in [0.1, 0.15) is 0 Å². The molecule has 0 aromatic rings. The highest BCUT2D eigenvalue weighted by Gasteiger charge is 2.18. The minimum atomic E-state index is -0.743. The molecule has 2 unspecified atom stereocenters. The zero-order valence-electron chi connectivity index (χ0n) is 7.95. The third-order valence-electron chi connectivity index (χ3n) is 2.26. The summed E-state index contributed by atoms with van der Waals surface area (Å²) < 4.78 is 5.38. The Bertz CT molecular complexity index is 172. The zero-order valence-corrected chi connectivity index (χ0v) is 7.95. The van der Waals surface area contributed by atoms with Crippen LogP contribution in [-0.4, -0.2) is 36.4 Å². The van der Waals surface area contributed by atoms with Gasteiger partial charge in [-0.05, 0) is 19.8 Å². The number of hydrogen-bond donors (Lipinski definition) is 2. The fourth-order valence-electron chi connectivity index (χ4n) is 1.57. The van der Waals surface area contributed by atoms with Crippen molar-refractivity contribution in [1.82, 2.24) is 5.32 Å². The standard InChI is InChI=1S/C9H17NO3/c1-7-6-8(3-5-13-7)10-4-2-9(11)12/h7-8,10H,2-6H2,1H3,(H,11,12). The van der Waals surface area contributed by atoms with Crippen LogP contribution in [0.15, 0.2) is 0 Å². The summed E-state index contributed by atoms with van der Waals surface area (Å²) in [5.41, 5.74) is 0. The summed E-state index contributed by atoms with van der Waals surface area (Å²) in [5, 5.41) is 11.7. The Balaban J connectivity index is 2.10. The van der Waals surface area contributed by atoms with Crippen molar-refractivity contribution in [2.24, 2.45) is 0 Å². The van der Waals surface area contributed by atoms with E-state index in [-0.39, 0.29) is 6.42 Å². The fraction of sp³-hybridized carbons (Fsp3) is 0.889. The van der Waals surface area contributed by atoms with Crippen LogP contribution in [0.5, 0.6) is 0 Å². The Morgan fingerprint density at radius 3 is 3.08 bits per heavy atom. The lowest BCUT2D eigenvalue weighted by molar-refractivity contribution is -0.136. The molecule has 2 atom stereocenters. The van der Waals surface area contributed by atoms with Gasteiger partial charge in [0.25, 0.3) is 0 Å². The minimum Gasteiger partial charge on any atom is -0.481 e. The van der Waals surface area contributed by atoms with Crippen molar-refractivity contribution in [1.29, 1.82) is 0 Å². The van der Waals surface area contributed by atoms with Gasteiger partial charge in [-0.1, -0.05) is 0 Å². The lowest BCUT2D eigenvalue weighted by Crippen LogP contribution is -2.38. The molecular formula is C9H17NO3. The maximum absolute atomic E-state index is 10.2. The number of carboxylic acid groups (broad SMARTS) is 1. The molecule has 1 rings (SSSR count). The second kappa shape index (κ2) is 5.19. The number of hydrogen-bond acceptors (Lipinski definition) is 3. The summed E-state index contributed by atoms with van der Waals surface area (Å²) in [6.07, 6.45) is 2.48. The SMILES string of the molecule is CC1CC(NCCC(=O)O)CCO1. The Morgan fingerprint density at radius 1 is 1.69 bits per heavy atom. The first-order valence-electron chi connectivity index (χ1n) is 4.75. The van der Waals surface area contributed by atoms with Crippen LogP contribution >= 0.6 is 0 Å². The van der Waals surface area contributed by atoms with Gasteiger partial charge in [0, 0.05) is 19.2 Å². The Labute approximate surface area is 78.3 Å². The van der Waals surface area contributed by atoms with Crippen LogP contribution < -0.4 is 5.32 Å². The van der Waals surface area contributed by atoms with E-state index in [0.29, 0.717) is 18.7 Å². The van der Waals surface area contributed by atoms with Crippen molar-refractivity contribution in [3.8, 4) is 0 Å². The molecule has 0 aromatic heterocycles. The highest BCUT2D eigenvalue weighted by molar-refractivity contribution is 5.66. The zero-order chi connectivity index (χ0) is 9.68. The average Bonchev–Trinajstić information content (AvgIpc) is 2.03. The van der Waals surface area contributed by atoms with Gasteiger partial charge in [-0.25, -0.2) is 0 Å². The lowest BCUT2D eigenvalue weighted by Gasteiger charge is -2.27. The van der Waals surface area contributed by atoms with Crippen LogP contribution in [0.2, 0.25) is 0 Å². The molecule has 0 aliphatic carbocycles. The second-order valence-corrected chi connectivity index (χ2v) is 3.50. The summed E-state index contributed by atoms with van der Waals surface area (Å²) in [6, 6.07) is 0.433. The normalized spacial score (nSPS) is 28.7. The highest BCUT2D eigenvalue weighted by Crippen LogP contribution is 2.12. The van der Waals surface area contributed by atoms with Crippen molar-refractivity contribution in [2.75, 3.05) is 13.2 Å². The predicted octanol–water partition coefficient (Wildman–Crippen LogP) is 0.618. The van der Waals surface area contributed by atoms with E-state index >= 15 is 0 Å². The van der Waals surface area contributed by atoms with Crippen molar-refractivity contribution in [2.45, 2.75) is 38.3 Å². The Morgan fingerprint density at radius 2 is 2.46 bits per heavy atom. The molecule has 2 N–H and O–H groups in total. The molecule has 1 fully saturated rings. The summed E-state index contributed by atoms with van der Waals surface area (Å²) in [4.78, 5) is 10.2. The van der Waals surface area contributed by atoms with Gasteiger partial charge >= 0.3 is 5.97 Å². The van der Waals surface area contributed by atoms with E-state index in [1.54, 1.807) is 0 Å². The molecule has 0 radical (unpaired) electrons. The second-order valence-electron chi connectivity index (χ2n) is 3.50. The van der Waals surface area contributed by atoms with Crippen molar-refractivity contribution >= 4 is 5.97 Å². The first-order valence-corrected chi connectivity index (χ1v) is 4.75. The van der Waals surface area contributed by atoms with Crippen LogP contribution in [0.1, 0.15) is 26.2 Å². The monoisotopic (exact) mass is 187 g/mol. The highest BCUT2D eigenvalue weighted by atomic mass is 16.5. The van der Waals surface area contributed by atoms with E-state index in [4.69, 9.17) is 9.84 Å². The molecule has 0 amide bonds. The summed E-state index contributed by atoms with van der Waals surface area (Å²) in [5.74, 6) is -0.743. The van der Waals surface area contributed by atoms with Gasteiger partial charge in [-0.3, -0.25) is 4.79 Å². The topological polar surface area (TPSA) is 58.6 Å². The molecule has 76 valence electrons. The number of nitrogens with one attached hydrogen (secondary N) is 1. The molecule has 0 spiro atoms. The third-order valence-corrected chi connectivity index (χ3v) is 2.26. The van der Waals surface area contributed by atoms with Crippen LogP contribution in [0, 0.1) is 0 Å². The van der Waals surface area contributed by atoms with E-state index in [1.807, 2.05) is 6.92 Å². The van der Waals surface area contributed by atoms with E-state index in [9.17, 15) is 4.79 Å². The maximum atomic E-state index is 10.2. The van der Waals surface area contributed by atoms with E-state index < -0.39 is 5.97 Å². The average molecular weight is 187 g/mol. The van der Waals surface area contributed by atoms with E-state index in [1.165, 1.54) is 0 Å². The number of rotatable bonds is 4. The fourth-order valence-corrected chi connectivity index (χ4v) is 1.57. The van der Waals surface area contributed by atoms with Gasteiger partial charge in [-0.15, -0.1) is 0 Å². The summed E-state index contributed by atoms with van der Waals surface area (Å²) in [7, 11) is 0. The lowest BCUT2D eigenvalue weighted by atomic mass is 10.0. The van der Waals surface area contributed by atoms with Gasteiger partial charge in [0.05, 0.1) is 12.5 Å². The van der Waals surface area contributed by atoms with Crippen LogP contribution in [0.4, 0.5) is 0 Å². The third kappa shape index (κ3) is 4.24. The quantitative estimate of drug-likeness (QED) is 0.677. The van der Waals surface area contributed by atoms with Gasteiger partial charge in [-0.2, -0.15) is 0 Å². The van der Waals surface area contributed by atoms with Crippen molar-refractivity contribution in [3.05, 3.63) is 0 Å². The number of aliphatic carboxylic acids is 1. The largest absolute Gasteiger partial charge is 0.481 e. The molecule has 1 aliphatic rings. The Kier molecular flexibility index (Phi) is 4.18. The molecule has 1 heterocycles. The molecule has 0 saturated carbocycles. The van der Waals surface area contributed by atoms with E-state index in [0.717, 1.165) is 19.4 Å². The predicted molar refractivity (Wildman–Crippen MR) is 48.7 cm³/mol. The molecule has 1 aliphatic heterocycles. The summed E-state index contributed by atoms with van der Waals surface area (Å²) >= 11 is 0. The number of ether oxygens (including phenoxy) is 1. The van der Waals surface area contributed by atoms with Crippen LogP contribution in [-0.2, 0) is 9.53 Å². The van der Waals surface area contributed by atoms with E-state index in [2.05, 4.69) is 5.32 Å². The molecule has 1 saturated heterocycles. The minimum absolute atomic E-state index is 0.200. The Hall–Kier alpha value is -0.610. The molecule has 13 heavy (non-hydrogen) atoms. The summed E-state index contributed by atoms with van der Waals surface area (Å²) in [6.45, 7) is 3.39. The molecule has 4 heteroatoms. The number of carbonyl (C=O) groups is 1. The molecule has 0 aromatic carbocycles. The molecule has 0 bridgehead atoms. The van der Waals surface area contributed by atoms with Crippen LogP contribution in [0.25, 0.3) is 0 Å². The first-order chi connectivity index (χ1) is 6.18. The van der Waals surface area contributed by atoms with Crippen LogP contribution in [0.3, 0.4) is 0 Å². The van der Waals surface area contributed by atoms with Gasteiger partial charge < -0.3 is 15.2 Å². The first kappa shape index (κ1) is 10.5. The van der Waals surface area contributed by atoms with Crippen molar-refractivity contribution < 1.29 is 14.6 Å².